The van der Waals surface area contributed by atoms with Crippen LogP contribution >= 0.6 is 24.0 Å². The smallest absolute Gasteiger partial charge is 0.227 e. The molecule has 6 heteroatoms. The summed E-state index contributed by atoms with van der Waals surface area (Å²) in [7, 11) is 1.78. The van der Waals surface area contributed by atoms with Crippen LogP contribution in [0.2, 0.25) is 0 Å². The van der Waals surface area contributed by atoms with E-state index in [-0.39, 0.29) is 35.8 Å². The Kier molecular flexibility index (Phi) is 10.5. The van der Waals surface area contributed by atoms with Crippen LogP contribution in [-0.2, 0) is 11.3 Å². The second kappa shape index (κ2) is 12.1. The molecule has 0 aliphatic heterocycles. The van der Waals surface area contributed by atoms with Gasteiger partial charge in [0.2, 0.25) is 5.91 Å². The number of nitrogens with zero attached hydrogens (tertiary/aromatic N) is 1. The van der Waals surface area contributed by atoms with Crippen molar-refractivity contribution in [1.29, 1.82) is 0 Å². The van der Waals surface area contributed by atoms with Crippen molar-refractivity contribution in [3.05, 3.63) is 29.8 Å². The van der Waals surface area contributed by atoms with E-state index < -0.39 is 0 Å². The van der Waals surface area contributed by atoms with E-state index in [2.05, 4.69) is 33.9 Å². The quantitative estimate of drug-likeness (QED) is 0.240. The van der Waals surface area contributed by atoms with E-state index >= 15 is 0 Å². The van der Waals surface area contributed by atoms with Gasteiger partial charge in [0.1, 0.15) is 0 Å². The van der Waals surface area contributed by atoms with Gasteiger partial charge in [-0.3, -0.25) is 9.79 Å². The first-order valence-electron chi connectivity index (χ1n) is 9.07. The fraction of sp³-hybridized carbons (Fsp3) is 0.579. The lowest BCUT2D eigenvalue weighted by Crippen LogP contribution is -2.37. The van der Waals surface area contributed by atoms with Gasteiger partial charge in [0.25, 0.3) is 0 Å². The average Bonchev–Trinajstić information content (AvgIpc) is 2.53. The summed E-state index contributed by atoms with van der Waals surface area (Å²) >= 11 is 0. The average molecular weight is 458 g/mol. The Morgan fingerprint density at radius 1 is 1.24 bits per heavy atom. The Morgan fingerprint density at radius 2 is 2.04 bits per heavy atom. The largest absolute Gasteiger partial charge is 0.356 e. The predicted octanol–water partition coefficient (Wildman–Crippen LogP) is 3.90. The van der Waals surface area contributed by atoms with Gasteiger partial charge in [0, 0.05) is 31.7 Å². The number of guanidine groups is 1. The van der Waals surface area contributed by atoms with Crippen molar-refractivity contribution < 1.29 is 4.79 Å². The number of anilines is 1. The van der Waals surface area contributed by atoms with Gasteiger partial charge in [-0.2, -0.15) is 0 Å². The maximum Gasteiger partial charge on any atom is 0.227 e. The van der Waals surface area contributed by atoms with E-state index in [1.165, 1.54) is 19.3 Å². The summed E-state index contributed by atoms with van der Waals surface area (Å²) in [5, 5.41) is 9.66. The van der Waals surface area contributed by atoms with Crippen molar-refractivity contribution >= 4 is 41.5 Å². The second-order valence-corrected chi connectivity index (χ2v) is 6.38. The fourth-order valence-electron chi connectivity index (χ4n) is 2.66. The summed E-state index contributed by atoms with van der Waals surface area (Å²) in [5.74, 6) is 1.17. The number of nitrogens with one attached hydrogen (secondary N) is 3. The summed E-state index contributed by atoms with van der Waals surface area (Å²) in [6.07, 6.45) is 6.81. The molecule has 0 saturated heterocycles. The first-order chi connectivity index (χ1) is 11.7. The van der Waals surface area contributed by atoms with Crippen LogP contribution in [-0.4, -0.2) is 25.5 Å². The molecule has 1 aliphatic carbocycles. The molecule has 0 spiro atoms. The van der Waals surface area contributed by atoms with E-state index in [4.69, 9.17) is 0 Å². The van der Waals surface area contributed by atoms with Crippen LogP contribution < -0.4 is 16.0 Å². The van der Waals surface area contributed by atoms with Crippen molar-refractivity contribution in [2.24, 2.45) is 10.9 Å². The van der Waals surface area contributed by atoms with Crippen LogP contribution in [0, 0.1) is 5.92 Å². The molecule has 1 aromatic carbocycles. The minimum atomic E-state index is 0. The number of amides is 1. The lowest BCUT2D eigenvalue weighted by atomic mass is 9.85. The van der Waals surface area contributed by atoms with E-state index in [0.717, 1.165) is 43.0 Å². The van der Waals surface area contributed by atoms with Crippen LogP contribution in [0.1, 0.15) is 51.0 Å². The van der Waals surface area contributed by atoms with E-state index in [9.17, 15) is 4.79 Å². The molecule has 0 radical (unpaired) electrons. The van der Waals surface area contributed by atoms with Crippen LogP contribution in [0.3, 0.4) is 0 Å². The first kappa shape index (κ1) is 21.7. The molecule has 0 unspecified atom stereocenters. The Morgan fingerprint density at radius 3 is 2.68 bits per heavy atom. The van der Waals surface area contributed by atoms with Crippen molar-refractivity contribution in [2.75, 3.05) is 18.9 Å². The highest BCUT2D eigenvalue weighted by Crippen LogP contribution is 2.27. The molecule has 3 N–H and O–H groups in total. The Balaban J connectivity index is 0.00000312. The number of hydrogen-bond donors (Lipinski definition) is 3. The summed E-state index contributed by atoms with van der Waals surface area (Å²) in [4.78, 5) is 16.3. The lowest BCUT2D eigenvalue weighted by molar-refractivity contribution is -0.122. The summed E-state index contributed by atoms with van der Waals surface area (Å²) in [5.41, 5.74) is 2.00. The minimum Gasteiger partial charge on any atom is -0.356 e. The number of unbranched alkanes of at least 4 members (excludes halogenated alkanes) is 2. The van der Waals surface area contributed by atoms with E-state index in [1.54, 1.807) is 7.05 Å². The van der Waals surface area contributed by atoms with Crippen molar-refractivity contribution in [2.45, 2.75) is 52.0 Å². The third-order valence-electron chi connectivity index (χ3n) is 4.43. The summed E-state index contributed by atoms with van der Waals surface area (Å²) < 4.78 is 0. The third-order valence-corrected chi connectivity index (χ3v) is 4.43. The highest BCUT2D eigenvalue weighted by atomic mass is 127. The van der Waals surface area contributed by atoms with Crippen molar-refractivity contribution in [3.63, 3.8) is 0 Å². The van der Waals surface area contributed by atoms with E-state index in [1.807, 2.05) is 18.2 Å². The van der Waals surface area contributed by atoms with Crippen molar-refractivity contribution in [3.8, 4) is 0 Å². The molecule has 0 atom stereocenters. The molecule has 5 nitrogen and oxygen atoms in total. The molecule has 1 amide bonds. The van der Waals surface area contributed by atoms with Gasteiger partial charge in [-0.25, -0.2) is 0 Å². The molecule has 2 rings (SSSR count). The van der Waals surface area contributed by atoms with Crippen LogP contribution in [0.15, 0.2) is 29.3 Å². The normalized spacial score (nSPS) is 14.2. The number of benzene rings is 1. The maximum absolute atomic E-state index is 12.0. The van der Waals surface area contributed by atoms with Gasteiger partial charge in [-0.15, -0.1) is 24.0 Å². The first-order valence-corrected chi connectivity index (χ1v) is 9.07. The number of aliphatic imine (C=N–C) groups is 1. The maximum atomic E-state index is 12.0. The Hall–Kier alpha value is -1.31. The van der Waals surface area contributed by atoms with Gasteiger partial charge in [0.15, 0.2) is 5.96 Å². The van der Waals surface area contributed by atoms with Gasteiger partial charge in [0.05, 0.1) is 0 Å². The fourth-order valence-corrected chi connectivity index (χ4v) is 2.66. The number of hydrogen-bond acceptors (Lipinski definition) is 2. The molecule has 140 valence electrons. The van der Waals surface area contributed by atoms with Crippen molar-refractivity contribution in [1.82, 2.24) is 10.6 Å². The monoisotopic (exact) mass is 458 g/mol. The number of halogens is 1. The molecule has 1 aromatic rings. The number of carbonyl (C=O) groups is 1. The molecule has 0 heterocycles. The van der Waals surface area contributed by atoms with Crippen LogP contribution in [0.4, 0.5) is 5.69 Å². The molecule has 0 aromatic heterocycles. The second-order valence-electron chi connectivity index (χ2n) is 6.38. The molecule has 1 fully saturated rings. The van der Waals surface area contributed by atoms with Crippen LogP contribution in [0.5, 0.6) is 0 Å². The van der Waals surface area contributed by atoms with Gasteiger partial charge >= 0.3 is 0 Å². The summed E-state index contributed by atoms with van der Waals surface area (Å²) in [6.45, 7) is 3.81. The van der Waals surface area contributed by atoms with Crippen LogP contribution in [0.25, 0.3) is 0 Å². The highest BCUT2D eigenvalue weighted by molar-refractivity contribution is 14.0. The number of rotatable bonds is 8. The standard InChI is InChI=1S/C19H30N4O.HI/c1-3-4-5-12-21-19(20-2)22-14-15-8-6-11-17(13-15)23-18(24)16-9-7-10-16;/h6,8,11,13,16H,3-5,7,9-10,12,14H2,1-2H3,(H,23,24)(H2,20,21,22);1H. The molecular weight excluding hydrogens is 427 g/mol. The predicted molar refractivity (Wildman–Crippen MR) is 116 cm³/mol. The van der Waals surface area contributed by atoms with Gasteiger partial charge < -0.3 is 16.0 Å². The molecule has 1 saturated carbocycles. The zero-order valence-corrected chi connectivity index (χ0v) is 17.6. The van der Waals surface area contributed by atoms with E-state index in [0.29, 0.717) is 6.54 Å². The molecular formula is C19H31IN4O. The van der Waals surface area contributed by atoms with Gasteiger partial charge in [-0.05, 0) is 37.0 Å². The lowest BCUT2D eigenvalue weighted by Gasteiger charge is -2.24. The Labute approximate surface area is 168 Å². The SMILES string of the molecule is CCCCCNC(=NC)NCc1cccc(NC(=O)C2CCC2)c1.I. The topological polar surface area (TPSA) is 65.5 Å². The zero-order valence-electron chi connectivity index (χ0n) is 15.3. The molecule has 0 bridgehead atoms. The zero-order chi connectivity index (χ0) is 17.2. The summed E-state index contributed by atoms with van der Waals surface area (Å²) in [6, 6.07) is 7.99. The Bertz CT molecular complexity index is 558. The molecule has 1 aliphatic rings. The third kappa shape index (κ3) is 7.63. The molecule has 25 heavy (non-hydrogen) atoms. The number of carbonyl (C=O) groups excluding carboxylic acids is 1. The minimum absolute atomic E-state index is 0. The van der Waals surface area contributed by atoms with Gasteiger partial charge in [-0.1, -0.05) is 38.3 Å². The highest BCUT2D eigenvalue weighted by Gasteiger charge is 2.25.